The number of nitrogens with one attached hydrogen (secondary N) is 2. The van der Waals surface area contributed by atoms with E-state index in [4.69, 9.17) is 4.74 Å². The van der Waals surface area contributed by atoms with Gasteiger partial charge < -0.3 is 15.0 Å². The minimum atomic E-state index is -0.114. The van der Waals surface area contributed by atoms with Crippen molar-refractivity contribution in [2.75, 3.05) is 7.11 Å². The van der Waals surface area contributed by atoms with Crippen LogP contribution in [-0.4, -0.2) is 12.1 Å². The number of aromatic amines is 1. The molecular formula is C21H22N2O2. The highest BCUT2D eigenvalue weighted by molar-refractivity contribution is 5.70. The van der Waals surface area contributed by atoms with Gasteiger partial charge in [0.05, 0.1) is 7.11 Å². The van der Waals surface area contributed by atoms with Gasteiger partial charge in [0.2, 0.25) is 5.56 Å². The number of H-pyrrole nitrogens is 1. The summed E-state index contributed by atoms with van der Waals surface area (Å²) in [4.78, 5) is 14.0. The molecule has 0 amide bonds. The number of ether oxygens (including phenoxy) is 1. The van der Waals surface area contributed by atoms with Gasteiger partial charge in [0.25, 0.3) is 0 Å². The van der Waals surface area contributed by atoms with Gasteiger partial charge in [-0.05, 0) is 36.2 Å². The van der Waals surface area contributed by atoms with E-state index in [1.165, 1.54) is 11.6 Å². The van der Waals surface area contributed by atoms with E-state index >= 15 is 0 Å². The van der Waals surface area contributed by atoms with E-state index in [1.807, 2.05) is 12.1 Å². The number of rotatable bonds is 6. The molecule has 1 atom stereocenters. The van der Waals surface area contributed by atoms with Crippen molar-refractivity contribution in [3.8, 4) is 16.9 Å². The molecule has 128 valence electrons. The second kappa shape index (κ2) is 7.81. The first-order chi connectivity index (χ1) is 12.2. The maximum atomic E-state index is 11.3. The average molecular weight is 334 g/mol. The Hall–Kier alpha value is -2.85. The van der Waals surface area contributed by atoms with Gasteiger partial charge in [-0.3, -0.25) is 4.79 Å². The zero-order valence-corrected chi connectivity index (χ0v) is 14.5. The summed E-state index contributed by atoms with van der Waals surface area (Å²) in [5.41, 5.74) is 4.19. The molecule has 25 heavy (non-hydrogen) atoms. The third-order valence-corrected chi connectivity index (χ3v) is 4.27. The number of methoxy groups -OCH3 is 1. The summed E-state index contributed by atoms with van der Waals surface area (Å²) >= 11 is 0. The van der Waals surface area contributed by atoms with Crippen LogP contribution in [0.1, 0.15) is 24.1 Å². The topological polar surface area (TPSA) is 54.1 Å². The molecule has 1 aromatic heterocycles. The quantitative estimate of drug-likeness (QED) is 0.719. The van der Waals surface area contributed by atoms with Gasteiger partial charge in [-0.15, -0.1) is 0 Å². The Morgan fingerprint density at radius 1 is 1.08 bits per heavy atom. The Morgan fingerprint density at radius 3 is 2.56 bits per heavy atom. The van der Waals surface area contributed by atoms with E-state index in [2.05, 4.69) is 53.6 Å². The Kier molecular flexibility index (Phi) is 5.31. The SMILES string of the molecule is COc1ccc(CN[C@H](C)c2ccccc2)cc1-c1ccc(=O)[nH]c1. The average Bonchev–Trinajstić information content (AvgIpc) is 2.67. The van der Waals surface area contributed by atoms with Gasteiger partial charge >= 0.3 is 0 Å². The van der Waals surface area contributed by atoms with E-state index in [-0.39, 0.29) is 11.6 Å². The van der Waals surface area contributed by atoms with Crippen LogP contribution in [0.3, 0.4) is 0 Å². The molecule has 3 rings (SSSR count). The third kappa shape index (κ3) is 4.17. The highest BCUT2D eigenvalue weighted by Gasteiger charge is 2.09. The molecule has 0 aliphatic heterocycles. The van der Waals surface area contributed by atoms with E-state index in [0.717, 1.165) is 29.0 Å². The minimum Gasteiger partial charge on any atom is -0.496 e. The van der Waals surface area contributed by atoms with Gasteiger partial charge in [0.1, 0.15) is 5.75 Å². The molecule has 0 aliphatic carbocycles. The highest BCUT2D eigenvalue weighted by atomic mass is 16.5. The molecule has 0 aliphatic rings. The molecule has 0 bridgehead atoms. The van der Waals surface area contributed by atoms with Crippen LogP contribution >= 0.6 is 0 Å². The molecule has 0 unspecified atom stereocenters. The molecule has 4 nitrogen and oxygen atoms in total. The molecule has 0 fully saturated rings. The monoisotopic (exact) mass is 334 g/mol. The molecule has 0 saturated carbocycles. The summed E-state index contributed by atoms with van der Waals surface area (Å²) in [7, 11) is 1.65. The summed E-state index contributed by atoms with van der Waals surface area (Å²) < 4.78 is 5.47. The second-order valence-corrected chi connectivity index (χ2v) is 5.99. The molecular weight excluding hydrogens is 312 g/mol. The zero-order valence-electron chi connectivity index (χ0n) is 14.5. The molecule has 4 heteroatoms. The van der Waals surface area contributed by atoms with Crippen molar-refractivity contribution in [3.63, 3.8) is 0 Å². The molecule has 1 heterocycles. The fourth-order valence-electron chi connectivity index (χ4n) is 2.80. The summed E-state index contributed by atoms with van der Waals surface area (Å²) in [5, 5.41) is 3.54. The van der Waals surface area contributed by atoms with Crippen molar-refractivity contribution in [2.24, 2.45) is 0 Å². The number of pyridine rings is 1. The molecule has 0 radical (unpaired) electrons. The maximum Gasteiger partial charge on any atom is 0.247 e. The smallest absolute Gasteiger partial charge is 0.247 e. The lowest BCUT2D eigenvalue weighted by Crippen LogP contribution is -2.18. The van der Waals surface area contributed by atoms with Crippen molar-refractivity contribution >= 4 is 0 Å². The van der Waals surface area contributed by atoms with Crippen LogP contribution in [0.5, 0.6) is 5.75 Å². The lowest BCUT2D eigenvalue weighted by Gasteiger charge is -2.16. The van der Waals surface area contributed by atoms with Crippen LogP contribution in [0, 0.1) is 0 Å². The van der Waals surface area contributed by atoms with Crippen LogP contribution in [0.25, 0.3) is 11.1 Å². The normalized spacial score (nSPS) is 11.9. The fourth-order valence-corrected chi connectivity index (χ4v) is 2.80. The number of aromatic nitrogens is 1. The first-order valence-corrected chi connectivity index (χ1v) is 8.32. The van der Waals surface area contributed by atoms with Crippen LogP contribution in [0.15, 0.2) is 71.7 Å². The minimum absolute atomic E-state index is 0.114. The standard InChI is InChI=1S/C21H22N2O2/c1-15(17-6-4-3-5-7-17)22-13-16-8-10-20(25-2)19(12-16)18-9-11-21(24)23-14-18/h3-12,14-15,22H,13H2,1-2H3,(H,23,24)/t15-/m1/s1. The predicted octanol–water partition coefficient (Wildman–Crippen LogP) is 3.90. The van der Waals surface area contributed by atoms with Crippen LogP contribution < -0.4 is 15.6 Å². The Morgan fingerprint density at radius 2 is 1.88 bits per heavy atom. The maximum absolute atomic E-state index is 11.3. The van der Waals surface area contributed by atoms with Crippen molar-refractivity contribution < 1.29 is 4.74 Å². The summed E-state index contributed by atoms with van der Waals surface area (Å²) in [6.07, 6.45) is 1.71. The molecule has 0 saturated heterocycles. The van der Waals surface area contributed by atoms with Crippen LogP contribution in [0.4, 0.5) is 0 Å². The summed E-state index contributed by atoms with van der Waals surface area (Å²) in [6, 6.07) is 20.1. The Labute approximate surface area is 147 Å². The van der Waals surface area contributed by atoms with Crippen molar-refractivity contribution in [1.29, 1.82) is 0 Å². The third-order valence-electron chi connectivity index (χ3n) is 4.27. The van der Waals surface area contributed by atoms with Gasteiger partial charge in [0.15, 0.2) is 0 Å². The zero-order chi connectivity index (χ0) is 17.6. The molecule has 3 aromatic rings. The molecule has 2 N–H and O–H groups in total. The lowest BCUT2D eigenvalue weighted by molar-refractivity contribution is 0.416. The number of benzene rings is 2. The van der Waals surface area contributed by atoms with Crippen molar-refractivity contribution in [3.05, 3.63) is 88.3 Å². The van der Waals surface area contributed by atoms with Crippen LogP contribution in [-0.2, 0) is 6.54 Å². The van der Waals surface area contributed by atoms with Gasteiger partial charge in [-0.1, -0.05) is 36.4 Å². The van der Waals surface area contributed by atoms with Crippen molar-refractivity contribution in [1.82, 2.24) is 10.3 Å². The van der Waals surface area contributed by atoms with Gasteiger partial charge in [-0.2, -0.15) is 0 Å². The first-order valence-electron chi connectivity index (χ1n) is 8.32. The summed E-state index contributed by atoms with van der Waals surface area (Å²) in [6.45, 7) is 2.90. The van der Waals surface area contributed by atoms with Gasteiger partial charge in [0, 0.05) is 36.0 Å². The van der Waals surface area contributed by atoms with Gasteiger partial charge in [-0.25, -0.2) is 0 Å². The molecule has 2 aromatic carbocycles. The number of hydrogen-bond acceptors (Lipinski definition) is 3. The highest BCUT2D eigenvalue weighted by Crippen LogP contribution is 2.30. The number of hydrogen-bond donors (Lipinski definition) is 2. The van der Waals surface area contributed by atoms with E-state index < -0.39 is 0 Å². The lowest BCUT2D eigenvalue weighted by atomic mass is 10.0. The first kappa shape index (κ1) is 17.0. The molecule has 0 spiro atoms. The Bertz CT molecular complexity index is 867. The Balaban J connectivity index is 1.80. The second-order valence-electron chi connectivity index (χ2n) is 5.99. The predicted molar refractivity (Wildman–Crippen MR) is 101 cm³/mol. The fraction of sp³-hybridized carbons (Fsp3) is 0.190. The van der Waals surface area contributed by atoms with E-state index in [9.17, 15) is 4.79 Å². The summed E-state index contributed by atoms with van der Waals surface area (Å²) in [5.74, 6) is 0.784. The largest absolute Gasteiger partial charge is 0.496 e. The van der Waals surface area contributed by atoms with Crippen molar-refractivity contribution in [2.45, 2.75) is 19.5 Å². The van der Waals surface area contributed by atoms with E-state index in [0.29, 0.717) is 0 Å². The van der Waals surface area contributed by atoms with Crippen LogP contribution in [0.2, 0.25) is 0 Å². The van der Waals surface area contributed by atoms with E-state index in [1.54, 1.807) is 19.4 Å².